The Morgan fingerprint density at radius 1 is 1.07 bits per heavy atom. The molecule has 1 aromatic heterocycles. The zero-order chi connectivity index (χ0) is 19.0. The summed E-state index contributed by atoms with van der Waals surface area (Å²) in [6, 6.07) is 14.5. The molecule has 0 spiro atoms. The number of carbonyl (C=O) groups excluding carboxylic acids is 1. The van der Waals surface area contributed by atoms with Gasteiger partial charge in [0.2, 0.25) is 0 Å². The van der Waals surface area contributed by atoms with Crippen molar-refractivity contribution in [2.24, 2.45) is 0 Å². The van der Waals surface area contributed by atoms with Crippen molar-refractivity contribution in [3.05, 3.63) is 82.4 Å². The summed E-state index contributed by atoms with van der Waals surface area (Å²) < 4.78 is 2.15. The summed E-state index contributed by atoms with van der Waals surface area (Å²) in [5, 5.41) is 2.97. The van der Waals surface area contributed by atoms with Gasteiger partial charge in [-0.3, -0.25) is 4.79 Å². The number of benzene rings is 2. The van der Waals surface area contributed by atoms with E-state index in [0.29, 0.717) is 11.6 Å². The van der Waals surface area contributed by atoms with Gasteiger partial charge in [-0.05, 0) is 61.6 Å². The third-order valence-corrected chi connectivity index (χ3v) is 5.62. The zero-order valence-electron chi connectivity index (χ0n) is 16.1. The molecule has 0 fully saturated rings. The number of fused-ring (bicyclic) bond motifs is 1. The summed E-state index contributed by atoms with van der Waals surface area (Å²) in [5.74, 6) is 1.33. The topological polar surface area (TPSA) is 46.9 Å². The molecule has 4 heteroatoms. The minimum absolute atomic E-state index is 0.146. The second-order valence-electron chi connectivity index (χ2n) is 7.54. The molecular weight excluding hydrogens is 334 g/mol. The number of amides is 1. The van der Waals surface area contributed by atoms with Crippen LogP contribution in [-0.2, 0) is 13.0 Å². The van der Waals surface area contributed by atoms with Crippen molar-refractivity contribution in [2.75, 3.05) is 5.32 Å². The van der Waals surface area contributed by atoms with Gasteiger partial charge in [0.15, 0.2) is 0 Å². The standard InChI is InChI=1S/C23H25N3O/c1-15-8-10-19(12-17(15)3)24-23(27)21-14-26-13-18(9-11-22(26)25-21)20-7-5-4-6-16(20)2/h4-8,10,12,14,18H,9,11,13H2,1-3H3,(H,24,27). The molecule has 2 heterocycles. The highest BCUT2D eigenvalue weighted by Gasteiger charge is 2.24. The van der Waals surface area contributed by atoms with Crippen molar-refractivity contribution in [1.82, 2.24) is 9.55 Å². The Balaban J connectivity index is 1.52. The van der Waals surface area contributed by atoms with Crippen LogP contribution >= 0.6 is 0 Å². The second-order valence-corrected chi connectivity index (χ2v) is 7.54. The second kappa shape index (κ2) is 7.03. The molecule has 3 aromatic rings. The maximum Gasteiger partial charge on any atom is 0.275 e. The molecule has 4 rings (SSSR count). The Labute approximate surface area is 160 Å². The average molecular weight is 359 g/mol. The van der Waals surface area contributed by atoms with Crippen LogP contribution in [0.25, 0.3) is 0 Å². The van der Waals surface area contributed by atoms with Crippen molar-refractivity contribution >= 4 is 11.6 Å². The number of nitrogens with one attached hydrogen (secondary N) is 1. The molecule has 1 aliphatic heterocycles. The molecule has 0 aliphatic carbocycles. The molecule has 138 valence electrons. The van der Waals surface area contributed by atoms with Crippen molar-refractivity contribution in [1.29, 1.82) is 0 Å². The van der Waals surface area contributed by atoms with E-state index >= 15 is 0 Å². The number of imidazole rings is 1. The number of hydrogen-bond donors (Lipinski definition) is 1. The lowest BCUT2D eigenvalue weighted by molar-refractivity contribution is 0.102. The van der Waals surface area contributed by atoms with Crippen molar-refractivity contribution < 1.29 is 4.79 Å². The minimum atomic E-state index is -0.146. The van der Waals surface area contributed by atoms with Crippen molar-refractivity contribution in [3.63, 3.8) is 0 Å². The lowest BCUT2D eigenvalue weighted by Gasteiger charge is -2.25. The molecule has 1 unspecified atom stereocenters. The Hall–Kier alpha value is -2.88. The zero-order valence-corrected chi connectivity index (χ0v) is 16.1. The molecule has 27 heavy (non-hydrogen) atoms. The lowest BCUT2D eigenvalue weighted by Crippen LogP contribution is -2.19. The third-order valence-electron chi connectivity index (χ3n) is 5.62. The highest BCUT2D eigenvalue weighted by Crippen LogP contribution is 2.30. The number of anilines is 1. The van der Waals surface area contributed by atoms with E-state index in [9.17, 15) is 4.79 Å². The molecule has 1 amide bonds. The summed E-state index contributed by atoms with van der Waals surface area (Å²) in [6.45, 7) is 7.16. The van der Waals surface area contributed by atoms with Gasteiger partial charge in [0.1, 0.15) is 11.5 Å². The minimum Gasteiger partial charge on any atom is -0.333 e. The number of nitrogens with zero attached hydrogens (tertiary/aromatic N) is 2. The van der Waals surface area contributed by atoms with Gasteiger partial charge in [-0.25, -0.2) is 4.98 Å². The lowest BCUT2D eigenvalue weighted by atomic mass is 9.89. The normalized spacial score (nSPS) is 16.0. The number of aryl methyl sites for hydroxylation is 4. The maximum absolute atomic E-state index is 12.6. The molecule has 1 atom stereocenters. The van der Waals surface area contributed by atoms with E-state index in [1.807, 2.05) is 31.3 Å². The number of rotatable bonds is 3. The van der Waals surface area contributed by atoms with E-state index in [1.54, 1.807) is 0 Å². The predicted molar refractivity (Wildman–Crippen MR) is 108 cm³/mol. The van der Waals surface area contributed by atoms with Gasteiger partial charge in [0.05, 0.1) is 0 Å². The molecule has 0 radical (unpaired) electrons. The smallest absolute Gasteiger partial charge is 0.275 e. The van der Waals surface area contributed by atoms with Crippen LogP contribution in [0.2, 0.25) is 0 Å². The first-order chi connectivity index (χ1) is 13.0. The molecular formula is C23H25N3O. The highest BCUT2D eigenvalue weighted by atomic mass is 16.1. The summed E-state index contributed by atoms with van der Waals surface area (Å²) >= 11 is 0. The van der Waals surface area contributed by atoms with Crippen LogP contribution in [0.15, 0.2) is 48.7 Å². The molecule has 4 nitrogen and oxygen atoms in total. The fourth-order valence-electron chi connectivity index (χ4n) is 3.87. The van der Waals surface area contributed by atoms with Crippen molar-refractivity contribution in [2.45, 2.75) is 46.1 Å². The Morgan fingerprint density at radius 3 is 2.67 bits per heavy atom. The number of aromatic nitrogens is 2. The van der Waals surface area contributed by atoms with Crippen LogP contribution in [0.4, 0.5) is 5.69 Å². The van der Waals surface area contributed by atoms with E-state index in [1.165, 1.54) is 16.7 Å². The Kier molecular flexibility index (Phi) is 4.56. The largest absolute Gasteiger partial charge is 0.333 e. The first kappa shape index (κ1) is 17.5. The first-order valence-electron chi connectivity index (χ1n) is 9.51. The molecule has 0 bridgehead atoms. The van der Waals surface area contributed by atoms with Gasteiger partial charge in [0, 0.05) is 30.8 Å². The van der Waals surface area contributed by atoms with E-state index in [0.717, 1.165) is 36.5 Å². The SMILES string of the molecule is Cc1ccc(NC(=O)c2cn3c(n2)CCC(c2ccccc2C)C3)cc1C. The van der Waals surface area contributed by atoms with E-state index in [-0.39, 0.29) is 5.91 Å². The van der Waals surface area contributed by atoms with Crippen LogP contribution < -0.4 is 5.32 Å². The molecule has 1 N–H and O–H groups in total. The number of hydrogen-bond acceptors (Lipinski definition) is 2. The van der Waals surface area contributed by atoms with Crippen LogP contribution in [-0.4, -0.2) is 15.5 Å². The molecule has 1 aliphatic rings. The predicted octanol–water partition coefficient (Wildman–Crippen LogP) is 4.79. The summed E-state index contributed by atoms with van der Waals surface area (Å²) in [5.41, 5.74) is 6.42. The van der Waals surface area contributed by atoms with Gasteiger partial charge < -0.3 is 9.88 Å². The average Bonchev–Trinajstić information content (AvgIpc) is 3.08. The van der Waals surface area contributed by atoms with E-state index in [2.05, 4.69) is 53.0 Å². The monoisotopic (exact) mass is 359 g/mol. The quantitative estimate of drug-likeness (QED) is 0.731. The summed E-state index contributed by atoms with van der Waals surface area (Å²) in [6.07, 6.45) is 3.87. The van der Waals surface area contributed by atoms with Gasteiger partial charge in [-0.1, -0.05) is 30.3 Å². The fraction of sp³-hybridized carbons (Fsp3) is 0.304. The summed E-state index contributed by atoms with van der Waals surface area (Å²) in [7, 11) is 0. The molecule has 2 aromatic carbocycles. The molecule has 0 saturated carbocycles. The Bertz CT molecular complexity index is 1000. The number of carbonyl (C=O) groups is 1. The van der Waals surface area contributed by atoms with Gasteiger partial charge in [0.25, 0.3) is 5.91 Å². The van der Waals surface area contributed by atoms with Gasteiger partial charge in [-0.15, -0.1) is 0 Å². The Morgan fingerprint density at radius 2 is 1.89 bits per heavy atom. The first-order valence-corrected chi connectivity index (χ1v) is 9.51. The molecule has 0 saturated heterocycles. The van der Waals surface area contributed by atoms with Crippen LogP contribution in [0.1, 0.15) is 50.9 Å². The van der Waals surface area contributed by atoms with Crippen LogP contribution in [0, 0.1) is 20.8 Å². The van der Waals surface area contributed by atoms with Gasteiger partial charge >= 0.3 is 0 Å². The van der Waals surface area contributed by atoms with E-state index in [4.69, 9.17) is 0 Å². The third kappa shape index (κ3) is 3.52. The van der Waals surface area contributed by atoms with Crippen LogP contribution in [0.3, 0.4) is 0 Å². The summed E-state index contributed by atoms with van der Waals surface area (Å²) in [4.78, 5) is 17.2. The van der Waals surface area contributed by atoms with E-state index < -0.39 is 0 Å². The highest BCUT2D eigenvalue weighted by molar-refractivity contribution is 6.02. The van der Waals surface area contributed by atoms with Crippen LogP contribution in [0.5, 0.6) is 0 Å². The maximum atomic E-state index is 12.6. The van der Waals surface area contributed by atoms with Gasteiger partial charge in [-0.2, -0.15) is 0 Å². The van der Waals surface area contributed by atoms with Crippen molar-refractivity contribution in [3.8, 4) is 0 Å². The fourth-order valence-corrected chi connectivity index (χ4v) is 3.87.